The van der Waals surface area contributed by atoms with Crippen molar-refractivity contribution in [1.82, 2.24) is 19.2 Å². The first kappa shape index (κ1) is 32.5. The number of amides is 4. The summed E-state index contributed by atoms with van der Waals surface area (Å²) in [5.74, 6) is -3.83. The second-order valence-corrected chi connectivity index (χ2v) is 13.9. The minimum Gasteiger partial charge on any atom is -0.506 e. The van der Waals surface area contributed by atoms with Gasteiger partial charge in [0.1, 0.15) is 24.0 Å². The molecule has 4 aromatic carbocycles. The van der Waals surface area contributed by atoms with E-state index < -0.39 is 51.9 Å². The third-order valence-electron chi connectivity index (χ3n) is 8.96. The van der Waals surface area contributed by atoms with Crippen LogP contribution in [0.4, 0.5) is 15.8 Å². The number of imide groups is 1. The van der Waals surface area contributed by atoms with Gasteiger partial charge in [0.05, 0.1) is 17.5 Å². The van der Waals surface area contributed by atoms with Crippen molar-refractivity contribution in [3.8, 4) is 16.9 Å². The van der Waals surface area contributed by atoms with E-state index in [1.807, 2.05) is 31.2 Å². The molecule has 0 bridgehead atoms. The molecule has 5 aromatic rings. The average molecular weight is 701 g/mol. The van der Waals surface area contributed by atoms with Crippen molar-refractivity contribution in [3.05, 3.63) is 88.1 Å². The number of carbonyl (C=O) groups is 4. The summed E-state index contributed by atoms with van der Waals surface area (Å²) >= 11 is 0. The molecule has 4 N–H and O–H groups in total. The van der Waals surface area contributed by atoms with Crippen molar-refractivity contribution in [2.75, 3.05) is 16.2 Å². The Balaban J connectivity index is 1.09. The van der Waals surface area contributed by atoms with Crippen LogP contribution < -0.4 is 25.4 Å². The van der Waals surface area contributed by atoms with Gasteiger partial charge in [-0.1, -0.05) is 24.3 Å². The zero-order valence-corrected chi connectivity index (χ0v) is 27.4. The van der Waals surface area contributed by atoms with Gasteiger partial charge >= 0.3 is 15.9 Å². The third kappa shape index (κ3) is 5.52. The second-order valence-electron chi connectivity index (χ2n) is 12.3. The Kier molecular flexibility index (Phi) is 7.70. The molecule has 3 heterocycles. The number of nitrogens with zero attached hydrogens (tertiary/aromatic N) is 3. The van der Waals surface area contributed by atoms with Gasteiger partial charge in [-0.15, -0.1) is 0 Å². The minimum atomic E-state index is -4.35. The van der Waals surface area contributed by atoms with Crippen LogP contribution in [-0.4, -0.2) is 52.8 Å². The molecule has 2 aliphatic heterocycles. The molecule has 14 nitrogen and oxygen atoms in total. The Hall–Kier alpha value is -6.03. The standard InChI is InChI=1S/C34H29FN6O8S/c1-17-11-18(3-6-22(17)19-4-8-24-26(14-19)39(2)34(47)41(24)25-9-10-28(43)37-33(25)46)12-29(44)36-21-5-7-23-20(13-21)15-27(42)32(31(23)35)40-16-30(45)38-50(40,48)49/h3-8,11,13-15,25,42H,9-10,12,16H2,1-2H3,(H,36,44)(H,38,45)(H,37,43,46). The van der Waals surface area contributed by atoms with E-state index in [-0.39, 0.29) is 47.5 Å². The molecule has 0 saturated carbocycles. The SMILES string of the molecule is Cc1cc(CC(=O)Nc2ccc3c(F)c(N4CC(=O)NS4(=O)=O)c(O)cc3c2)ccc1-c1ccc2c(c1)n(C)c(=O)n2C1CCC(=O)NC1=O. The Morgan fingerprint density at radius 1 is 1.00 bits per heavy atom. The fraction of sp³-hybridized carbons (Fsp3) is 0.206. The van der Waals surface area contributed by atoms with E-state index in [0.717, 1.165) is 22.8 Å². The van der Waals surface area contributed by atoms with Crippen LogP contribution in [0.25, 0.3) is 32.9 Å². The van der Waals surface area contributed by atoms with Crippen LogP contribution in [0.1, 0.15) is 30.0 Å². The highest BCUT2D eigenvalue weighted by molar-refractivity contribution is 7.92. The van der Waals surface area contributed by atoms with E-state index in [0.29, 0.717) is 26.6 Å². The van der Waals surface area contributed by atoms with Gasteiger partial charge in [0.25, 0.3) is 5.91 Å². The van der Waals surface area contributed by atoms with Crippen LogP contribution in [0.2, 0.25) is 0 Å². The maximum Gasteiger partial charge on any atom is 0.329 e. The van der Waals surface area contributed by atoms with E-state index in [9.17, 15) is 37.5 Å². The molecule has 7 rings (SSSR count). The number of nitrogens with one attached hydrogen (secondary N) is 3. The summed E-state index contributed by atoms with van der Waals surface area (Å²) in [6.07, 6.45) is 0.388. The number of phenols is 1. The molecule has 2 fully saturated rings. The Morgan fingerprint density at radius 3 is 2.48 bits per heavy atom. The number of benzene rings is 4. The number of fused-ring (bicyclic) bond motifs is 2. The summed E-state index contributed by atoms with van der Waals surface area (Å²) in [5.41, 5.74) is 3.76. The van der Waals surface area contributed by atoms with Gasteiger partial charge in [-0.05, 0) is 77.4 Å². The molecule has 1 atom stereocenters. The van der Waals surface area contributed by atoms with Gasteiger partial charge in [-0.3, -0.25) is 33.6 Å². The summed E-state index contributed by atoms with van der Waals surface area (Å²) in [6, 6.07) is 15.6. The van der Waals surface area contributed by atoms with Gasteiger partial charge < -0.3 is 10.4 Å². The molecule has 16 heteroatoms. The topological polar surface area (TPSA) is 189 Å². The lowest BCUT2D eigenvalue weighted by Crippen LogP contribution is -2.44. The fourth-order valence-corrected chi connectivity index (χ4v) is 7.77. The number of halogens is 1. The number of phenolic OH excluding ortho intramolecular Hbond substituents is 1. The van der Waals surface area contributed by atoms with Crippen molar-refractivity contribution < 1.29 is 37.1 Å². The Labute approximate surface area is 283 Å². The average Bonchev–Trinajstić information content (AvgIpc) is 3.45. The summed E-state index contributed by atoms with van der Waals surface area (Å²) in [4.78, 5) is 62.0. The van der Waals surface area contributed by atoms with E-state index in [1.165, 1.54) is 27.3 Å². The van der Waals surface area contributed by atoms with Crippen LogP contribution in [0.3, 0.4) is 0 Å². The predicted molar refractivity (Wildman–Crippen MR) is 181 cm³/mol. The number of hydrogen-bond donors (Lipinski definition) is 4. The molecule has 0 spiro atoms. The van der Waals surface area contributed by atoms with Gasteiger partial charge in [-0.25, -0.2) is 18.2 Å². The minimum absolute atomic E-state index is 0.00783. The molecule has 1 unspecified atom stereocenters. The summed E-state index contributed by atoms with van der Waals surface area (Å²) in [6.45, 7) is 1.22. The van der Waals surface area contributed by atoms with Gasteiger partial charge in [0.2, 0.25) is 17.7 Å². The molecular weight excluding hydrogens is 671 g/mol. The van der Waals surface area contributed by atoms with Gasteiger partial charge in [-0.2, -0.15) is 8.42 Å². The molecular formula is C34H29FN6O8S. The van der Waals surface area contributed by atoms with E-state index >= 15 is 4.39 Å². The molecule has 256 valence electrons. The van der Waals surface area contributed by atoms with E-state index in [2.05, 4.69) is 10.6 Å². The largest absolute Gasteiger partial charge is 0.506 e. The number of piperidine rings is 1. The Bertz CT molecular complexity index is 2510. The van der Waals surface area contributed by atoms with E-state index in [1.54, 1.807) is 23.9 Å². The van der Waals surface area contributed by atoms with Gasteiger partial charge in [0.15, 0.2) is 5.82 Å². The van der Waals surface area contributed by atoms with Crippen LogP contribution >= 0.6 is 0 Å². The van der Waals surface area contributed by atoms with Crippen molar-refractivity contribution in [3.63, 3.8) is 0 Å². The summed E-state index contributed by atoms with van der Waals surface area (Å²) < 4.78 is 45.0. The number of aryl methyl sites for hydroxylation is 2. The highest BCUT2D eigenvalue weighted by Gasteiger charge is 2.38. The van der Waals surface area contributed by atoms with Crippen LogP contribution in [0.5, 0.6) is 5.75 Å². The maximum absolute atomic E-state index is 15.4. The third-order valence-corrected chi connectivity index (χ3v) is 10.3. The molecule has 2 aliphatic rings. The van der Waals surface area contributed by atoms with Crippen molar-refractivity contribution in [2.45, 2.75) is 32.2 Å². The monoisotopic (exact) mass is 700 g/mol. The molecule has 1 aromatic heterocycles. The normalized spacial score (nSPS) is 17.3. The number of imidazole rings is 1. The fourth-order valence-electron chi connectivity index (χ4n) is 6.61. The van der Waals surface area contributed by atoms with Crippen molar-refractivity contribution >= 4 is 67.0 Å². The van der Waals surface area contributed by atoms with Crippen molar-refractivity contribution in [2.24, 2.45) is 7.05 Å². The zero-order valence-electron chi connectivity index (χ0n) is 26.6. The molecule has 0 aliphatic carbocycles. The van der Waals surface area contributed by atoms with Gasteiger partial charge in [0, 0.05) is 24.5 Å². The highest BCUT2D eigenvalue weighted by atomic mass is 32.2. The lowest BCUT2D eigenvalue weighted by Gasteiger charge is -2.22. The van der Waals surface area contributed by atoms with Crippen LogP contribution in [0, 0.1) is 12.7 Å². The lowest BCUT2D eigenvalue weighted by molar-refractivity contribution is -0.135. The molecule has 0 radical (unpaired) electrons. The predicted octanol–water partition coefficient (Wildman–Crippen LogP) is 2.65. The maximum atomic E-state index is 15.4. The molecule has 4 amide bonds. The first-order valence-electron chi connectivity index (χ1n) is 15.4. The van der Waals surface area contributed by atoms with Crippen LogP contribution in [-0.2, 0) is 42.9 Å². The smallest absolute Gasteiger partial charge is 0.329 e. The number of carbonyl (C=O) groups excluding carboxylic acids is 4. The number of aromatic nitrogens is 2. The molecule has 2 saturated heterocycles. The first-order chi connectivity index (χ1) is 23.7. The molecule has 50 heavy (non-hydrogen) atoms. The Morgan fingerprint density at radius 2 is 1.78 bits per heavy atom. The zero-order chi connectivity index (χ0) is 35.6. The second kappa shape index (κ2) is 11.8. The summed E-state index contributed by atoms with van der Waals surface area (Å²) in [7, 11) is -2.73. The van der Waals surface area contributed by atoms with Crippen LogP contribution in [0.15, 0.2) is 65.5 Å². The number of aromatic hydroxyl groups is 1. The summed E-state index contributed by atoms with van der Waals surface area (Å²) in [5, 5.41) is 15.7. The quantitative estimate of drug-likeness (QED) is 0.195. The number of anilines is 2. The number of rotatable bonds is 6. The highest BCUT2D eigenvalue weighted by Crippen LogP contribution is 2.39. The van der Waals surface area contributed by atoms with E-state index in [4.69, 9.17) is 0 Å². The first-order valence-corrected chi connectivity index (χ1v) is 16.9. The number of hydrogen-bond acceptors (Lipinski definition) is 8. The van der Waals surface area contributed by atoms with Crippen molar-refractivity contribution in [1.29, 1.82) is 0 Å². The lowest BCUT2D eigenvalue weighted by atomic mass is 9.97.